The molecule has 0 bridgehead atoms. The minimum absolute atomic E-state index is 0.253. The van der Waals surface area contributed by atoms with Gasteiger partial charge in [-0.05, 0) is 36.8 Å². The number of hydrogen-bond donors (Lipinski definition) is 2. The molecule has 6 heteroatoms. The SMILES string of the molecule is CC(NC(=O)c1ccccc1Cl)C(=O)NCc1ccc(N(C)C)cc1. The largest absolute Gasteiger partial charge is 0.378 e. The first-order valence-corrected chi connectivity index (χ1v) is 8.35. The van der Waals surface area contributed by atoms with Crippen LogP contribution in [0.25, 0.3) is 0 Å². The molecule has 2 amide bonds. The number of carbonyl (C=O) groups excluding carboxylic acids is 2. The van der Waals surface area contributed by atoms with E-state index in [-0.39, 0.29) is 11.8 Å². The highest BCUT2D eigenvalue weighted by atomic mass is 35.5. The maximum Gasteiger partial charge on any atom is 0.253 e. The number of rotatable bonds is 6. The first-order chi connectivity index (χ1) is 11.9. The van der Waals surface area contributed by atoms with E-state index < -0.39 is 6.04 Å². The normalized spacial score (nSPS) is 11.5. The number of anilines is 1. The molecule has 0 heterocycles. The summed E-state index contributed by atoms with van der Waals surface area (Å²) in [5, 5.41) is 5.83. The minimum atomic E-state index is -0.662. The number of benzene rings is 2. The van der Waals surface area contributed by atoms with Crippen molar-refractivity contribution in [1.29, 1.82) is 0 Å². The molecule has 0 saturated heterocycles. The van der Waals surface area contributed by atoms with E-state index in [1.165, 1.54) is 0 Å². The summed E-state index contributed by atoms with van der Waals surface area (Å²) in [5.74, 6) is -0.624. The van der Waals surface area contributed by atoms with E-state index in [9.17, 15) is 9.59 Å². The van der Waals surface area contributed by atoms with Crippen LogP contribution in [-0.4, -0.2) is 32.0 Å². The van der Waals surface area contributed by atoms with Gasteiger partial charge in [0.05, 0.1) is 10.6 Å². The van der Waals surface area contributed by atoms with Crippen LogP contribution < -0.4 is 15.5 Å². The van der Waals surface area contributed by atoms with Crippen LogP contribution in [0.5, 0.6) is 0 Å². The third-order valence-corrected chi connectivity index (χ3v) is 4.11. The molecule has 0 aliphatic rings. The molecule has 5 nitrogen and oxygen atoms in total. The maximum absolute atomic E-state index is 12.2. The lowest BCUT2D eigenvalue weighted by molar-refractivity contribution is -0.122. The summed E-state index contributed by atoms with van der Waals surface area (Å²) >= 11 is 5.99. The first kappa shape index (κ1) is 18.8. The topological polar surface area (TPSA) is 61.4 Å². The highest BCUT2D eigenvalue weighted by Crippen LogP contribution is 2.15. The first-order valence-electron chi connectivity index (χ1n) is 7.98. The van der Waals surface area contributed by atoms with E-state index in [0.717, 1.165) is 11.3 Å². The summed E-state index contributed by atoms with van der Waals surface area (Å²) in [4.78, 5) is 26.4. The summed E-state index contributed by atoms with van der Waals surface area (Å²) in [6, 6.07) is 14.0. The van der Waals surface area contributed by atoms with Crippen molar-refractivity contribution in [1.82, 2.24) is 10.6 Å². The van der Waals surface area contributed by atoms with Gasteiger partial charge in [-0.2, -0.15) is 0 Å². The van der Waals surface area contributed by atoms with Crippen molar-refractivity contribution in [3.63, 3.8) is 0 Å². The molecule has 0 fully saturated rings. The van der Waals surface area contributed by atoms with Gasteiger partial charge in [0, 0.05) is 26.3 Å². The Kier molecular flexibility index (Phi) is 6.42. The lowest BCUT2D eigenvalue weighted by Gasteiger charge is -2.15. The molecule has 132 valence electrons. The van der Waals surface area contributed by atoms with Crippen molar-refractivity contribution in [3.05, 3.63) is 64.7 Å². The Morgan fingerprint density at radius 2 is 1.72 bits per heavy atom. The fourth-order valence-electron chi connectivity index (χ4n) is 2.24. The third kappa shape index (κ3) is 5.22. The van der Waals surface area contributed by atoms with Gasteiger partial charge in [-0.25, -0.2) is 0 Å². The van der Waals surface area contributed by atoms with E-state index in [1.54, 1.807) is 31.2 Å². The van der Waals surface area contributed by atoms with Gasteiger partial charge in [-0.15, -0.1) is 0 Å². The van der Waals surface area contributed by atoms with Gasteiger partial charge < -0.3 is 15.5 Å². The van der Waals surface area contributed by atoms with Crippen molar-refractivity contribution in [3.8, 4) is 0 Å². The number of nitrogens with zero attached hydrogens (tertiary/aromatic N) is 1. The molecule has 25 heavy (non-hydrogen) atoms. The highest BCUT2D eigenvalue weighted by Gasteiger charge is 2.17. The van der Waals surface area contributed by atoms with Crippen LogP contribution in [-0.2, 0) is 11.3 Å². The smallest absolute Gasteiger partial charge is 0.253 e. The Bertz CT molecular complexity index is 745. The molecule has 2 N–H and O–H groups in total. The number of halogens is 1. The molecule has 2 aromatic carbocycles. The maximum atomic E-state index is 12.2. The Hall–Kier alpha value is -2.53. The molecule has 0 radical (unpaired) electrons. The molecule has 0 aliphatic carbocycles. The van der Waals surface area contributed by atoms with Gasteiger partial charge >= 0.3 is 0 Å². The molecule has 1 atom stereocenters. The second-order valence-corrected chi connectivity index (χ2v) is 6.36. The predicted molar refractivity (Wildman–Crippen MR) is 101 cm³/mol. The summed E-state index contributed by atoms with van der Waals surface area (Å²) in [6.45, 7) is 2.04. The lowest BCUT2D eigenvalue weighted by Crippen LogP contribution is -2.44. The number of amides is 2. The average Bonchev–Trinajstić information content (AvgIpc) is 2.60. The van der Waals surface area contributed by atoms with Crippen molar-refractivity contribution >= 4 is 29.1 Å². The van der Waals surface area contributed by atoms with Crippen LogP contribution in [0, 0.1) is 0 Å². The van der Waals surface area contributed by atoms with Crippen molar-refractivity contribution in [2.24, 2.45) is 0 Å². The Labute approximate surface area is 153 Å². The average molecular weight is 360 g/mol. The number of carbonyl (C=O) groups is 2. The van der Waals surface area contributed by atoms with E-state index in [4.69, 9.17) is 11.6 Å². The van der Waals surface area contributed by atoms with Crippen LogP contribution in [0.3, 0.4) is 0 Å². The second-order valence-electron chi connectivity index (χ2n) is 5.95. The Balaban J connectivity index is 1.88. The van der Waals surface area contributed by atoms with Crippen molar-refractivity contribution in [2.45, 2.75) is 19.5 Å². The molecule has 0 aliphatic heterocycles. The fraction of sp³-hybridized carbons (Fsp3) is 0.263. The zero-order chi connectivity index (χ0) is 18.4. The van der Waals surface area contributed by atoms with E-state index in [0.29, 0.717) is 17.1 Å². The van der Waals surface area contributed by atoms with Crippen LogP contribution in [0.1, 0.15) is 22.8 Å². The van der Waals surface area contributed by atoms with Crippen molar-refractivity contribution in [2.75, 3.05) is 19.0 Å². The molecule has 0 spiro atoms. The summed E-state index contributed by atoms with van der Waals surface area (Å²) in [6.07, 6.45) is 0. The van der Waals surface area contributed by atoms with Gasteiger partial charge in [0.15, 0.2) is 0 Å². The summed E-state index contributed by atoms with van der Waals surface area (Å²) in [7, 11) is 3.94. The summed E-state index contributed by atoms with van der Waals surface area (Å²) in [5.41, 5.74) is 2.43. The fourth-order valence-corrected chi connectivity index (χ4v) is 2.46. The summed E-state index contributed by atoms with van der Waals surface area (Å²) < 4.78 is 0. The standard InChI is InChI=1S/C19H22ClN3O2/c1-13(22-19(25)16-6-4-5-7-17(16)20)18(24)21-12-14-8-10-15(11-9-14)23(2)3/h4-11,13H,12H2,1-3H3,(H,21,24)(H,22,25). The highest BCUT2D eigenvalue weighted by molar-refractivity contribution is 6.33. The van der Waals surface area contributed by atoms with Crippen LogP contribution in [0.2, 0.25) is 5.02 Å². The van der Waals surface area contributed by atoms with Crippen LogP contribution in [0.15, 0.2) is 48.5 Å². The zero-order valence-corrected chi connectivity index (χ0v) is 15.3. The molecule has 0 saturated carbocycles. The predicted octanol–water partition coefficient (Wildman–Crippen LogP) is 2.84. The van der Waals surface area contributed by atoms with E-state index in [2.05, 4.69) is 10.6 Å². The Morgan fingerprint density at radius 3 is 2.32 bits per heavy atom. The van der Waals surface area contributed by atoms with Gasteiger partial charge in [-0.3, -0.25) is 9.59 Å². The Morgan fingerprint density at radius 1 is 1.08 bits per heavy atom. The monoisotopic (exact) mass is 359 g/mol. The molecule has 2 rings (SSSR count). The van der Waals surface area contributed by atoms with Crippen LogP contribution >= 0.6 is 11.6 Å². The quantitative estimate of drug-likeness (QED) is 0.833. The minimum Gasteiger partial charge on any atom is -0.378 e. The number of nitrogens with one attached hydrogen (secondary N) is 2. The van der Waals surface area contributed by atoms with Gasteiger partial charge in [-0.1, -0.05) is 35.9 Å². The van der Waals surface area contributed by atoms with Gasteiger partial charge in [0.25, 0.3) is 5.91 Å². The van der Waals surface area contributed by atoms with E-state index in [1.807, 2.05) is 43.3 Å². The lowest BCUT2D eigenvalue weighted by atomic mass is 10.2. The number of hydrogen-bond acceptors (Lipinski definition) is 3. The van der Waals surface area contributed by atoms with Crippen molar-refractivity contribution < 1.29 is 9.59 Å². The van der Waals surface area contributed by atoms with E-state index >= 15 is 0 Å². The third-order valence-electron chi connectivity index (χ3n) is 3.78. The molecular weight excluding hydrogens is 338 g/mol. The van der Waals surface area contributed by atoms with Crippen LogP contribution in [0.4, 0.5) is 5.69 Å². The zero-order valence-electron chi connectivity index (χ0n) is 14.5. The molecule has 2 aromatic rings. The van der Waals surface area contributed by atoms with Gasteiger partial charge in [0.1, 0.15) is 6.04 Å². The van der Waals surface area contributed by atoms with Gasteiger partial charge in [0.2, 0.25) is 5.91 Å². The molecule has 0 aromatic heterocycles. The molecule has 1 unspecified atom stereocenters. The molecular formula is C19H22ClN3O2. The second kappa shape index (κ2) is 8.53.